The van der Waals surface area contributed by atoms with Crippen molar-refractivity contribution in [1.29, 1.82) is 0 Å². The van der Waals surface area contributed by atoms with E-state index in [0.29, 0.717) is 0 Å². The fourth-order valence-corrected chi connectivity index (χ4v) is 2.97. The van der Waals surface area contributed by atoms with Gasteiger partial charge in [0.05, 0.1) is 0 Å². The second-order valence-corrected chi connectivity index (χ2v) is 3.85. The number of allylic oxidation sites excluding steroid dienone is 4. The van der Waals surface area contributed by atoms with Crippen LogP contribution < -0.4 is 10.2 Å². The Labute approximate surface area is 111 Å². The molecule has 0 heterocycles. The molecule has 4 unspecified atom stereocenters. The smallest absolute Gasteiger partial charge is 0.857 e. The zero-order valence-corrected chi connectivity index (χ0v) is 11.8. The van der Waals surface area contributed by atoms with E-state index >= 15 is 0 Å². The summed E-state index contributed by atoms with van der Waals surface area (Å²) in [5.74, 6) is 3.82. The molecule has 1 saturated carbocycles. The van der Waals surface area contributed by atoms with Crippen LogP contribution in [-0.4, -0.2) is 14.2 Å². The van der Waals surface area contributed by atoms with E-state index in [9.17, 15) is 0 Å². The van der Waals surface area contributed by atoms with Gasteiger partial charge in [0.2, 0.25) is 0 Å². The van der Waals surface area contributed by atoms with Crippen LogP contribution in [0.2, 0.25) is 0 Å². The molecule has 0 aromatic carbocycles. The molecule has 2 nitrogen and oxygen atoms in total. The molecule has 3 heteroatoms. The number of fused-ring (bicyclic) bond motifs is 5. The largest absolute Gasteiger partial charge is 2.00 e. The molecule has 0 aromatic heterocycles. The van der Waals surface area contributed by atoms with Crippen LogP contribution in [0.4, 0.5) is 0 Å². The Balaban J connectivity index is 0.000000358. The molecule has 0 saturated heterocycles. The minimum absolute atomic E-state index is 0. The van der Waals surface area contributed by atoms with Gasteiger partial charge in [0.1, 0.15) is 0 Å². The van der Waals surface area contributed by atoms with Gasteiger partial charge in [-0.05, 0) is 36.5 Å². The standard InChI is InChI=1S/C10H12.2CH3O.Zr/c1-2-9-7-4-5-8(6-7)10(9)3-1;2*1-2;/h1-2,4-5,7-10H,3,6H2;2*1H3;/q;2*-1;+2. The molecule has 82 valence electrons. The third-order valence-corrected chi connectivity index (χ3v) is 3.46. The molecule has 0 spiro atoms. The van der Waals surface area contributed by atoms with Gasteiger partial charge in [0, 0.05) is 0 Å². The maximum Gasteiger partial charge on any atom is 2.00 e. The summed E-state index contributed by atoms with van der Waals surface area (Å²) in [4.78, 5) is 0. The van der Waals surface area contributed by atoms with Crippen molar-refractivity contribution in [3.8, 4) is 0 Å². The third kappa shape index (κ3) is 2.90. The first kappa shape index (κ1) is 15.3. The van der Waals surface area contributed by atoms with Gasteiger partial charge in [-0.25, -0.2) is 0 Å². The molecule has 1 fully saturated rings. The average molecular weight is 285 g/mol. The normalized spacial score (nSPS) is 37.1. The topological polar surface area (TPSA) is 46.1 Å². The zero-order chi connectivity index (χ0) is 10.6. The predicted molar refractivity (Wildman–Crippen MR) is 53.3 cm³/mol. The molecule has 0 aromatic rings. The molecule has 4 atom stereocenters. The van der Waals surface area contributed by atoms with Crippen LogP contribution in [0.15, 0.2) is 24.3 Å². The second kappa shape index (κ2) is 7.54. The fraction of sp³-hybridized carbons (Fsp3) is 0.667. The Morgan fingerprint density at radius 3 is 2.13 bits per heavy atom. The maximum atomic E-state index is 8.25. The van der Waals surface area contributed by atoms with E-state index in [4.69, 9.17) is 10.2 Å². The Kier molecular flexibility index (Phi) is 7.68. The van der Waals surface area contributed by atoms with Crippen molar-refractivity contribution >= 4 is 0 Å². The van der Waals surface area contributed by atoms with Crippen LogP contribution in [0.25, 0.3) is 0 Å². The molecule has 3 rings (SSSR count). The molecular weight excluding hydrogens is 267 g/mol. The van der Waals surface area contributed by atoms with Gasteiger partial charge in [0.15, 0.2) is 0 Å². The van der Waals surface area contributed by atoms with E-state index in [1.807, 2.05) is 0 Å². The second-order valence-electron chi connectivity index (χ2n) is 3.85. The minimum atomic E-state index is 0. The Morgan fingerprint density at radius 1 is 0.933 bits per heavy atom. The van der Waals surface area contributed by atoms with Gasteiger partial charge < -0.3 is 10.2 Å². The molecular formula is C12H18O2Zr. The summed E-state index contributed by atoms with van der Waals surface area (Å²) < 4.78 is 0. The van der Waals surface area contributed by atoms with Gasteiger partial charge in [-0.2, -0.15) is 14.2 Å². The van der Waals surface area contributed by atoms with Crippen LogP contribution in [0.5, 0.6) is 0 Å². The van der Waals surface area contributed by atoms with Gasteiger partial charge >= 0.3 is 26.2 Å². The van der Waals surface area contributed by atoms with Crippen molar-refractivity contribution in [2.45, 2.75) is 12.8 Å². The third-order valence-electron chi connectivity index (χ3n) is 3.46. The van der Waals surface area contributed by atoms with Crippen molar-refractivity contribution in [2.24, 2.45) is 23.7 Å². The van der Waals surface area contributed by atoms with Crippen LogP contribution in [-0.2, 0) is 26.2 Å². The van der Waals surface area contributed by atoms with Crippen molar-refractivity contribution < 1.29 is 36.4 Å². The van der Waals surface area contributed by atoms with Crippen molar-refractivity contribution in [3.63, 3.8) is 0 Å². The van der Waals surface area contributed by atoms with Crippen molar-refractivity contribution in [1.82, 2.24) is 0 Å². The van der Waals surface area contributed by atoms with Crippen molar-refractivity contribution in [2.75, 3.05) is 14.2 Å². The number of rotatable bonds is 0. The first-order chi connectivity index (χ1) is 6.95. The SMILES string of the molecule is C1=CC2C3C=CC(C3)C2C1.C[O-].C[O-].[Zr+2]. The number of hydrogen-bond donors (Lipinski definition) is 0. The van der Waals surface area contributed by atoms with E-state index in [0.717, 1.165) is 37.9 Å². The molecule has 0 N–H and O–H groups in total. The average Bonchev–Trinajstić information content (AvgIpc) is 2.97. The van der Waals surface area contributed by atoms with Crippen LogP contribution in [0.3, 0.4) is 0 Å². The summed E-state index contributed by atoms with van der Waals surface area (Å²) in [5, 5.41) is 16.5. The van der Waals surface area contributed by atoms with Crippen molar-refractivity contribution in [3.05, 3.63) is 24.3 Å². The van der Waals surface area contributed by atoms with E-state index in [1.54, 1.807) is 0 Å². The van der Waals surface area contributed by atoms with E-state index in [-0.39, 0.29) is 26.2 Å². The van der Waals surface area contributed by atoms with Crippen LogP contribution >= 0.6 is 0 Å². The van der Waals surface area contributed by atoms with E-state index in [1.165, 1.54) is 12.8 Å². The Hall–Kier alpha value is 0.283. The first-order valence-electron chi connectivity index (χ1n) is 5.12. The predicted octanol–water partition coefficient (Wildman–Crippen LogP) is 0.335. The van der Waals surface area contributed by atoms with Gasteiger partial charge in [-0.1, -0.05) is 24.3 Å². The quantitative estimate of drug-likeness (QED) is 0.602. The van der Waals surface area contributed by atoms with Gasteiger partial charge in [0.25, 0.3) is 0 Å². The van der Waals surface area contributed by atoms with Gasteiger partial charge in [-0.3, -0.25) is 0 Å². The summed E-state index contributed by atoms with van der Waals surface area (Å²) in [6.45, 7) is 0. The molecule has 2 bridgehead atoms. The zero-order valence-electron chi connectivity index (χ0n) is 9.35. The van der Waals surface area contributed by atoms with Crippen LogP contribution in [0, 0.1) is 23.7 Å². The molecule has 3 aliphatic carbocycles. The first-order valence-corrected chi connectivity index (χ1v) is 5.12. The molecule has 0 radical (unpaired) electrons. The van der Waals surface area contributed by atoms with E-state index < -0.39 is 0 Å². The summed E-state index contributed by atoms with van der Waals surface area (Å²) in [6.07, 6.45) is 12.5. The summed E-state index contributed by atoms with van der Waals surface area (Å²) in [6, 6.07) is 0. The summed E-state index contributed by atoms with van der Waals surface area (Å²) in [5.41, 5.74) is 0. The molecule has 0 aliphatic heterocycles. The van der Waals surface area contributed by atoms with Gasteiger partial charge in [-0.15, -0.1) is 0 Å². The molecule has 3 aliphatic rings. The molecule has 15 heavy (non-hydrogen) atoms. The van der Waals surface area contributed by atoms with E-state index in [2.05, 4.69) is 24.3 Å². The maximum absolute atomic E-state index is 8.25. The monoisotopic (exact) mass is 284 g/mol. The minimum Gasteiger partial charge on any atom is -0.857 e. The Bertz CT molecular complexity index is 226. The summed E-state index contributed by atoms with van der Waals surface area (Å²) >= 11 is 0. The Morgan fingerprint density at radius 2 is 1.53 bits per heavy atom. The fourth-order valence-electron chi connectivity index (χ4n) is 2.97. The molecule has 0 amide bonds. The number of hydrogen-bond acceptors (Lipinski definition) is 2. The van der Waals surface area contributed by atoms with Crippen LogP contribution in [0.1, 0.15) is 12.8 Å². The summed E-state index contributed by atoms with van der Waals surface area (Å²) in [7, 11) is 1.50.